The van der Waals surface area contributed by atoms with Gasteiger partial charge < -0.3 is 14.6 Å². The predicted molar refractivity (Wildman–Crippen MR) is 111 cm³/mol. The molecule has 4 rings (SSSR count). The maximum Gasteiger partial charge on any atom is 0.263 e. The number of nitrogens with one attached hydrogen (secondary N) is 1. The molecule has 0 spiro atoms. The number of piperidine rings is 1. The van der Waals surface area contributed by atoms with Gasteiger partial charge in [-0.1, -0.05) is 0 Å². The number of thiazole rings is 1. The largest absolute Gasteiger partial charge is 0.481 e. The van der Waals surface area contributed by atoms with E-state index in [4.69, 9.17) is 4.74 Å². The third-order valence-electron chi connectivity index (χ3n) is 5.08. The number of aromatic amines is 1. The van der Waals surface area contributed by atoms with Gasteiger partial charge >= 0.3 is 0 Å². The highest BCUT2D eigenvalue weighted by atomic mass is 32.1. The average molecular weight is 428 g/mol. The zero-order valence-corrected chi connectivity index (χ0v) is 17.2. The van der Waals surface area contributed by atoms with E-state index in [1.165, 1.54) is 41.7 Å². The summed E-state index contributed by atoms with van der Waals surface area (Å²) in [5, 5.41) is 2.55. The van der Waals surface area contributed by atoms with Crippen LogP contribution in [0.1, 0.15) is 31.5 Å². The van der Waals surface area contributed by atoms with Crippen LogP contribution in [-0.4, -0.2) is 45.0 Å². The van der Waals surface area contributed by atoms with Crippen molar-refractivity contribution < 1.29 is 13.9 Å². The average Bonchev–Trinajstić information content (AvgIpc) is 3.29. The number of benzene rings is 1. The summed E-state index contributed by atoms with van der Waals surface area (Å²) in [5.41, 5.74) is 0.369. The zero-order chi connectivity index (χ0) is 21.1. The highest BCUT2D eigenvalue weighted by Gasteiger charge is 2.29. The summed E-state index contributed by atoms with van der Waals surface area (Å²) >= 11 is 1.44. The van der Waals surface area contributed by atoms with E-state index in [0.717, 1.165) is 0 Å². The molecule has 1 N–H and O–H groups in total. The first-order valence-electron chi connectivity index (χ1n) is 9.72. The smallest absolute Gasteiger partial charge is 0.263 e. The molecule has 1 unspecified atom stereocenters. The third kappa shape index (κ3) is 4.56. The van der Waals surface area contributed by atoms with Crippen molar-refractivity contribution in [3.63, 3.8) is 0 Å². The van der Waals surface area contributed by atoms with Crippen LogP contribution < -0.4 is 10.3 Å². The fourth-order valence-electron chi connectivity index (χ4n) is 3.53. The van der Waals surface area contributed by atoms with Crippen LogP contribution in [0.5, 0.6) is 5.75 Å². The van der Waals surface area contributed by atoms with Crippen molar-refractivity contribution in [1.82, 2.24) is 19.9 Å². The Morgan fingerprint density at radius 2 is 2.03 bits per heavy atom. The van der Waals surface area contributed by atoms with Crippen LogP contribution in [0.2, 0.25) is 0 Å². The number of aromatic nitrogens is 3. The molecule has 7 nitrogen and oxygen atoms in total. The second-order valence-corrected chi connectivity index (χ2v) is 8.06. The van der Waals surface area contributed by atoms with Gasteiger partial charge in [0.1, 0.15) is 28.1 Å². The summed E-state index contributed by atoms with van der Waals surface area (Å²) in [5.74, 6) is 0.683. The highest BCUT2D eigenvalue weighted by molar-refractivity contribution is 7.13. The maximum absolute atomic E-state index is 13.0. The molecule has 0 bridgehead atoms. The van der Waals surface area contributed by atoms with E-state index in [-0.39, 0.29) is 23.2 Å². The van der Waals surface area contributed by atoms with Crippen molar-refractivity contribution in [3.05, 3.63) is 63.9 Å². The summed E-state index contributed by atoms with van der Waals surface area (Å²) in [4.78, 5) is 38.2. The van der Waals surface area contributed by atoms with Crippen molar-refractivity contribution in [2.24, 2.45) is 0 Å². The van der Waals surface area contributed by atoms with Gasteiger partial charge in [-0.15, -0.1) is 11.3 Å². The van der Waals surface area contributed by atoms with E-state index in [0.29, 0.717) is 48.2 Å². The number of amides is 1. The van der Waals surface area contributed by atoms with Gasteiger partial charge in [-0.3, -0.25) is 9.59 Å². The monoisotopic (exact) mass is 428 g/mol. The van der Waals surface area contributed by atoms with Crippen molar-refractivity contribution in [1.29, 1.82) is 0 Å². The number of hydrogen-bond donors (Lipinski definition) is 1. The molecular weight excluding hydrogens is 407 g/mol. The van der Waals surface area contributed by atoms with Crippen LogP contribution in [0.4, 0.5) is 4.39 Å². The van der Waals surface area contributed by atoms with E-state index >= 15 is 0 Å². The van der Waals surface area contributed by atoms with Gasteiger partial charge in [0.15, 0.2) is 6.10 Å². The van der Waals surface area contributed by atoms with Crippen molar-refractivity contribution in [2.45, 2.75) is 31.8 Å². The molecule has 9 heteroatoms. The number of ether oxygens (including phenoxy) is 1. The Kier molecular flexibility index (Phi) is 5.89. The SMILES string of the molecule is CC(Oc1ccc(F)cc1)C(=O)N1CCC(c2nc(-c3nccs3)cc(=O)[nH]2)CC1. The predicted octanol–water partition coefficient (Wildman–Crippen LogP) is 3.21. The van der Waals surface area contributed by atoms with Crippen LogP contribution in [0.25, 0.3) is 10.7 Å². The first kappa shape index (κ1) is 20.2. The molecule has 1 fully saturated rings. The lowest BCUT2D eigenvalue weighted by atomic mass is 9.95. The van der Waals surface area contributed by atoms with Gasteiger partial charge in [-0.2, -0.15) is 0 Å². The normalized spacial score (nSPS) is 15.7. The quantitative estimate of drug-likeness (QED) is 0.674. The number of halogens is 1. The van der Waals surface area contributed by atoms with E-state index in [1.54, 1.807) is 18.0 Å². The van der Waals surface area contributed by atoms with Crippen LogP contribution in [0.15, 0.2) is 46.7 Å². The van der Waals surface area contributed by atoms with Gasteiger partial charge in [0.05, 0.1) is 0 Å². The van der Waals surface area contributed by atoms with Crippen LogP contribution in [0, 0.1) is 5.82 Å². The summed E-state index contributed by atoms with van der Waals surface area (Å²) in [6, 6.07) is 7.05. The summed E-state index contributed by atoms with van der Waals surface area (Å²) in [6.07, 6.45) is 2.40. The molecule has 0 aliphatic carbocycles. The number of carbonyl (C=O) groups is 1. The summed E-state index contributed by atoms with van der Waals surface area (Å²) < 4.78 is 18.7. The van der Waals surface area contributed by atoms with Crippen LogP contribution >= 0.6 is 11.3 Å². The minimum atomic E-state index is -0.668. The second kappa shape index (κ2) is 8.74. The fraction of sp³-hybridized carbons (Fsp3) is 0.333. The lowest BCUT2D eigenvalue weighted by Crippen LogP contribution is -2.44. The minimum absolute atomic E-state index is 0.0648. The molecule has 1 amide bonds. The molecule has 2 aromatic heterocycles. The molecular formula is C21H21FN4O3S. The topological polar surface area (TPSA) is 88.2 Å². The maximum atomic E-state index is 13.0. The Morgan fingerprint density at radius 3 is 2.70 bits per heavy atom. The lowest BCUT2D eigenvalue weighted by Gasteiger charge is -2.33. The minimum Gasteiger partial charge on any atom is -0.481 e. The molecule has 3 heterocycles. The van der Waals surface area contributed by atoms with E-state index in [9.17, 15) is 14.0 Å². The Morgan fingerprint density at radius 1 is 1.30 bits per heavy atom. The summed E-state index contributed by atoms with van der Waals surface area (Å²) in [7, 11) is 0. The van der Waals surface area contributed by atoms with Gasteiger partial charge in [0.2, 0.25) is 0 Å². The molecule has 156 valence electrons. The molecule has 0 radical (unpaired) electrons. The number of H-pyrrole nitrogens is 1. The molecule has 1 aliphatic rings. The molecule has 1 aromatic carbocycles. The van der Waals surface area contributed by atoms with Crippen LogP contribution in [-0.2, 0) is 4.79 Å². The summed E-state index contributed by atoms with van der Waals surface area (Å²) in [6.45, 7) is 2.78. The molecule has 1 atom stereocenters. The fourth-order valence-corrected chi connectivity index (χ4v) is 4.13. The molecule has 30 heavy (non-hydrogen) atoms. The number of likely N-dealkylation sites (tertiary alicyclic amines) is 1. The Bertz CT molecular complexity index is 1060. The van der Waals surface area contributed by atoms with E-state index < -0.39 is 6.10 Å². The number of carbonyl (C=O) groups excluding carboxylic acids is 1. The molecule has 1 aliphatic heterocycles. The van der Waals surface area contributed by atoms with Crippen molar-refractivity contribution >= 4 is 17.2 Å². The van der Waals surface area contributed by atoms with Gasteiger partial charge in [0, 0.05) is 36.7 Å². The highest BCUT2D eigenvalue weighted by Crippen LogP contribution is 2.27. The van der Waals surface area contributed by atoms with Crippen molar-refractivity contribution in [2.75, 3.05) is 13.1 Å². The molecule has 1 saturated heterocycles. The Hall–Kier alpha value is -3.07. The van der Waals surface area contributed by atoms with Crippen LogP contribution in [0.3, 0.4) is 0 Å². The third-order valence-corrected chi connectivity index (χ3v) is 5.87. The first-order chi connectivity index (χ1) is 14.5. The van der Waals surface area contributed by atoms with E-state index in [1.807, 2.05) is 5.38 Å². The first-order valence-corrected chi connectivity index (χ1v) is 10.6. The number of nitrogens with zero attached hydrogens (tertiary/aromatic N) is 3. The molecule has 3 aromatic rings. The van der Waals surface area contributed by atoms with E-state index in [2.05, 4.69) is 15.0 Å². The Balaban J connectivity index is 1.38. The standard InChI is InChI=1S/C21H21FN4O3S/c1-13(29-16-4-2-15(22)3-5-16)21(28)26-9-6-14(7-10-26)19-24-17(12-18(27)25-19)20-23-8-11-30-20/h2-5,8,11-14H,6-7,9-10H2,1H3,(H,24,25,27). The number of hydrogen-bond acceptors (Lipinski definition) is 6. The second-order valence-electron chi connectivity index (χ2n) is 7.17. The number of rotatable bonds is 5. The Labute approximate surface area is 176 Å². The van der Waals surface area contributed by atoms with Gasteiger partial charge in [-0.25, -0.2) is 14.4 Å². The van der Waals surface area contributed by atoms with Gasteiger partial charge in [0.25, 0.3) is 11.5 Å². The molecule has 0 saturated carbocycles. The zero-order valence-electron chi connectivity index (χ0n) is 16.4. The lowest BCUT2D eigenvalue weighted by molar-refractivity contribution is -0.139. The van der Waals surface area contributed by atoms with Crippen molar-refractivity contribution in [3.8, 4) is 16.5 Å². The van der Waals surface area contributed by atoms with Gasteiger partial charge in [-0.05, 0) is 44.0 Å².